The first-order valence-corrected chi connectivity index (χ1v) is 7.27. The topological polar surface area (TPSA) is 35.5 Å². The van der Waals surface area contributed by atoms with Gasteiger partial charge in [0.25, 0.3) is 0 Å². The lowest BCUT2D eigenvalue weighted by atomic mass is 10.0. The first-order chi connectivity index (χ1) is 8.19. The zero-order valence-electron chi connectivity index (χ0n) is 11.8. The van der Waals surface area contributed by atoms with E-state index in [4.69, 9.17) is 0 Å². The largest absolute Gasteiger partial charge is 0.395 e. The molecule has 0 saturated carbocycles. The molecule has 1 saturated heterocycles. The third-order valence-corrected chi connectivity index (χ3v) is 3.85. The van der Waals surface area contributed by atoms with Crippen LogP contribution in [0.1, 0.15) is 46.5 Å². The number of aliphatic hydroxyl groups is 1. The molecule has 0 bridgehead atoms. The molecule has 0 spiro atoms. The summed E-state index contributed by atoms with van der Waals surface area (Å²) in [6.45, 7) is 10.5. The Balaban J connectivity index is 2.27. The Kier molecular flexibility index (Phi) is 7.09. The maximum absolute atomic E-state index is 9.32. The summed E-state index contributed by atoms with van der Waals surface area (Å²) >= 11 is 0. The predicted molar refractivity (Wildman–Crippen MR) is 73.2 cm³/mol. The van der Waals surface area contributed by atoms with E-state index in [0.717, 1.165) is 37.9 Å². The number of hydrogen-bond donors (Lipinski definition) is 2. The van der Waals surface area contributed by atoms with Gasteiger partial charge in [-0.15, -0.1) is 0 Å². The van der Waals surface area contributed by atoms with E-state index in [1.54, 1.807) is 0 Å². The SMILES string of the molecule is CCCNC(CO)CCN1CCCC1C(C)C. The summed E-state index contributed by atoms with van der Waals surface area (Å²) in [7, 11) is 0. The number of nitrogens with one attached hydrogen (secondary N) is 1. The summed E-state index contributed by atoms with van der Waals surface area (Å²) in [6, 6.07) is 1.05. The predicted octanol–water partition coefficient (Wildman–Crippen LogP) is 1.86. The Morgan fingerprint density at radius 2 is 2.18 bits per heavy atom. The molecule has 2 atom stereocenters. The smallest absolute Gasteiger partial charge is 0.0585 e. The van der Waals surface area contributed by atoms with Gasteiger partial charge in [0.05, 0.1) is 6.61 Å². The first-order valence-electron chi connectivity index (χ1n) is 7.27. The van der Waals surface area contributed by atoms with Gasteiger partial charge in [0, 0.05) is 18.6 Å². The molecule has 17 heavy (non-hydrogen) atoms. The van der Waals surface area contributed by atoms with Crippen LogP contribution >= 0.6 is 0 Å². The molecular formula is C14H30N2O. The van der Waals surface area contributed by atoms with E-state index < -0.39 is 0 Å². The van der Waals surface area contributed by atoms with E-state index >= 15 is 0 Å². The van der Waals surface area contributed by atoms with Crippen molar-refractivity contribution in [3.05, 3.63) is 0 Å². The standard InChI is InChI=1S/C14H30N2O/c1-4-8-15-13(11-17)7-10-16-9-5-6-14(16)12(2)3/h12-15,17H,4-11H2,1-3H3. The van der Waals surface area contributed by atoms with Crippen LogP contribution in [-0.4, -0.2) is 48.3 Å². The summed E-state index contributed by atoms with van der Waals surface area (Å²) in [5.74, 6) is 0.758. The fraction of sp³-hybridized carbons (Fsp3) is 1.00. The van der Waals surface area contributed by atoms with Gasteiger partial charge in [-0.3, -0.25) is 0 Å². The zero-order valence-corrected chi connectivity index (χ0v) is 11.8. The lowest BCUT2D eigenvalue weighted by molar-refractivity contribution is 0.176. The van der Waals surface area contributed by atoms with E-state index in [2.05, 4.69) is 31.0 Å². The third-order valence-electron chi connectivity index (χ3n) is 3.85. The Morgan fingerprint density at radius 3 is 2.76 bits per heavy atom. The number of hydrogen-bond acceptors (Lipinski definition) is 3. The molecule has 0 amide bonds. The highest BCUT2D eigenvalue weighted by Gasteiger charge is 2.26. The molecule has 1 heterocycles. The van der Waals surface area contributed by atoms with Crippen molar-refractivity contribution >= 4 is 0 Å². The van der Waals surface area contributed by atoms with E-state index in [0.29, 0.717) is 0 Å². The Bertz CT molecular complexity index is 197. The minimum atomic E-state index is 0.264. The highest BCUT2D eigenvalue weighted by molar-refractivity contribution is 4.82. The summed E-state index contributed by atoms with van der Waals surface area (Å²) in [5.41, 5.74) is 0. The van der Waals surface area contributed by atoms with Crippen LogP contribution in [0.25, 0.3) is 0 Å². The number of likely N-dealkylation sites (tertiary alicyclic amines) is 1. The summed E-state index contributed by atoms with van der Waals surface area (Å²) in [5, 5.41) is 12.7. The minimum Gasteiger partial charge on any atom is -0.395 e. The molecule has 0 aromatic rings. The Morgan fingerprint density at radius 1 is 1.41 bits per heavy atom. The normalized spacial score (nSPS) is 23.5. The van der Waals surface area contributed by atoms with Crippen LogP contribution in [0.2, 0.25) is 0 Å². The molecule has 0 aromatic heterocycles. The molecule has 2 N–H and O–H groups in total. The second-order valence-corrected chi connectivity index (χ2v) is 5.61. The van der Waals surface area contributed by atoms with Crippen molar-refractivity contribution in [2.24, 2.45) is 5.92 Å². The number of nitrogens with zero attached hydrogens (tertiary/aromatic N) is 1. The molecular weight excluding hydrogens is 212 g/mol. The lowest BCUT2D eigenvalue weighted by Gasteiger charge is -2.29. The molecule has 102 valence electrons. The van der Waals surface area contributed by atoms with E-state index in [9.17, 15) is 5.11 Å². The van der Waals surface area contributed by atoms with Crippen molar-refractivity contribution in [2.75, 3.05) is 26.2 Å². The van der Waals surface area contributed by atoms with E-state index in [1.165, 1.54) is 19.4 Å². The molecule has 3 nitrogen and oxygen atoms in total. The lowest BCUT2D eigenvalue weighted by Crippen LogP contribution is -2.40. The van der Waals surface area contributed by atoms with Crippen molar-refractivity contribution in [3.63, 3.8) is 0 Å². The third kappa shape index (κ3) is 4.94. The number of aliphatic hydroxyl groups excluding tert-OH is 1. The van der Waals surface area contributed by atoms with Crippen LogP contribution in [-0.2, 0) is 0 Å². The van der Waals surface area contributed by atoms with Crippen LogP contribution in [0.4, 0.5) is 0 Å². The highest BCUT2D eigenvalue weighted by atomic mass is 16.3. The quantitative estimate of drug-likeness (QED) is 0.682. The average molecular weight is 242 g/mol. The second kappa shape index (κ2) is 8.06. The van der Waals surface area contributed by atoms with Crippen LogP contribution < -0.4 is 5.32 Å². The van der Waals surface area contributed by atoms with E-state index in [1.807, 2.05) is 0 Å². The average Bonchev–Trinajstić information content (AvgIpc) is 2.78. The van der Waals surface area contributed by atoms with Crippen molar-refractivity contribution in [1.29, 1.82) is 0 Å². The van der Waals surface area contributed by atoms with Crippen LogP contribution in [0.5, 0.6) is 0 Å². The van der Waals surface area contributed by atoms with Crippen LogP contribution in [0.3, 0.4) is 0 Å². The fourth-order valence-electron chi connectivity index (χ4n) is 2.81. The second-order valence-electron chi connectivity index (χ2n) is 5.61. The van der Waals surface area contributed by atoms with Gasteiger partial charge in [0.15, 0.2) is 0 Å². The summed E-state index contributed by atoms with van der Waals surface area (Å²) < 4.78 is 0. The van der Waals surface area contributed by atoms with Gasteiger partial charge >= 0.3 is 0 Å². The van der Waals surface area contributed by atoms with Gasteiger partial charge < -0.3 is 15.3 Å². The van der Waals surface area contributed by atoms with Gasteiger partial charge in [-0.2, -0.15) is 0 Å². The van der Waals surface area contributed by atoms with Gasteiger partial charge in [-0.1, -0.05) is 20.8 Å². The van der Waals surface area contributed by atoms with Crippen molar-refractivity contribution in [3.8, 4) is 0 Å². The van der Waals surface area contributed by atoms with Gasteiger partial charge in [-0.05, 0) is 44.7 Å². The van der Waals surface area contributed by atoms with Crippen LogP contribution in [0, 0.1) is 5.92 Å². The van der Waals surface area contributed by atoms with Crippen molar-refractivity contribution in [2.45, 2.75) is 58.5 Å². The Hall–Kier alpha value is -0.120. The zero-order chi connectivity index (χ0) is 12.7. The molecule has 0 aromatic carbocycles. The molecule has 1 aliphatic rings. The summed E-state index contributed by atoms with van der Waals surface area (Å²) in [6.07, 6.45) is 4.90. The maximum atomic E-state index is 9.32. The molecule has 2 unspecified atom stereocenters. The molecule has 1 rings (SSSR count). The summed E-state index contributed by atoms with van der Waals surface area (Å²) in [4.78, 5) is 2.61. The molecule has 0 radical (unpaired) electrons. The first kappa shape index (κ1) is 14.9. The molecule has 1 fully saturated rings. The van der Waals surface area contributed by atoms with Crippen molar-refractivity contribution < 1.29 is 5.11 Å². The highest BCUT2D eigenvalue weighted by Crippen LogP contribution is 2.23. The maximum Gasteiger partial charge on any atom is 0.0585 e. The van der Waals surface area contributed by atoms with Gasteiger partial charge in [0.1, 0.15) is 0 Å². The van der Waals surface area contributed by atoms with Gasteiger partial charge in [0.2, 0.25) is 0 Å². The fourth-order valence-corrected chi connectivity index (χ4v) is 2.81. The van der Waals surface area contributed by atoms with Crippen molar-refractivity contribution in [1.82, 2.24) is 10.2 Å². The van der Waals surface area contributed by atoms with Gasteiger partial charge in [-0.25, -0.2) is 0 Å². The molecule has 0 aliphatic carbocycles. The van der Waals surface area contributed by atoms with E-state index in [-0.39, 0.29) is 12.6 Å². The Labute approximate surface area is 107 Å². The molecule has 3 heteroatoms. The monoisotopic (exact) mass is 242 g/mol. The molecule has 1 aliphatic heterocycles. The number of rotatable bonds is 8. The minimum absolute atomic E-state index is 0.264. The van der Waals surface area contributed by atoms with Crippen LogP contribution in [0.15, 0.2) is 0 Å².